The topological polar surface area (TPSA) is 53.6 Å². The van der Waals surface area contributed by atoms with E-state index in [1.807, 2.05) is 18.2 Å². The molecule has 2 amide bonds. The molecule has 0 atom stereocenters. The predicted octanol–water partition coefficient (Wildman–Crippen LogP) is 3.25. The number of ether oxygens (including phenoxy) is 1. The number of piperidine rings is 1. The van der Waals surface area contributed by atoms with Gasteiger partial charge < -0.3 is 20.3 Å². The van der Waals surface area contributed by atoms with Crippen molar-refractivity contribution in [3.8, 4) is 5.75 Å². The number of nitrogens with zero attached hydrogens (tertiary/aromatic N) is 1. The van der Waals surface area contributed by atoms with E-state index in [0.29, 0.717) is 5.92 Å². The van der Waals surface area contributed by atoms with Crippen molar-refractivity contribution in [1.29, 1.82) is 0 Å². The highest BCUT2D eigenvalue weighted by atomic mass is 16.5. The van der Waals surface area contributed by atoms with Crippen molar-refractivity contribution in [3.63, 3.8) is 0 Å². The average Bonchev–Trinajstić information content (AvgIpc) is 2.56. The number of fused-ring (bicyclic) bond motifs is 1. The molecule has 5 heteroatoms. The largest absolute Gasteiger partial charge is 0.493 e. The smallest absolute Gasteiger partial charge is 0.319 e. The number of nitrogens with one attached hydrogen (secondary N) is 2. The van der Waals surface area contributed by atoms with E-state index in [2.05, 4.69) is 29.4 Å². The molecule has 1 fully saturated rings. The molecular formula is C19H29N3O2. The van der Waals surface area contributed by atoms with Crippen LogP contribution >= 0.6 is 0 Å². The van der Waals surface area contributed by atoms with E-state index in [1.165, 1.54) is 5.56 Å². The molecular weight excluding hydrogens is 302 g/mol. The van der Waals surface area contributed by atoms with Crippen LogP contribution in [0.4, 0.5) is 10.5 Å². The molecule has 0 aliphatic carbocycles. The molecule has 1 aromatic carbocycles. The Balaban J connectivity index is 1.46. The van der Waals surface area contributed by atoms with Crippen molar-refractivity contribution in [2.24, 2.45) is 5.92 Å². The average molecular weight is 331 g/mol. The van der Waals surface area contributed by atoms with Gasteiger partial charge in [-0.15, -0.1) is 0 Å². The van der Waals surface area contributed by atoms with Gasteiger partial charge in [0.2, 0.25) is 0 Å². The van der Waals surface area contributed by atoms with Crippen molar-refractivity contribution >= 4 is 11.7 Å². The van der Waals surface area contributed by atoms with Crippen LogP contribution in [0.15, 0.2) is 18.2 Å². The van der Waals surface area contributed by atoms with Gasteiger partial charge in [0, 0.05) is 31.4 Å². The Labute approximate surface area is 144 Å². The third kappa shape index (κ3) is 4.63. The number of hydrogen-bond acceptors (Lipinski definition) is 3. The van der Waals surface area contributed by atoms with Gasteiger partial charge in [0.05, 0.1) is 6.61 Å². The summed E-state index contributed by atoms with van der Waals surface area (Å²) in [7, 11) is 0. The molecule has 0 bridgehead atoms. The molecule has 0 unspecified atom stereocenters. The summed E-state index contributed by atoms with van der Waals surface area (Å²) in [5.41, 5.74) is 2.02. The third-order valence-corrected chi connectivity index (χ3v) is 4.71. The lowest BCUT2D eigenvalue weighted by molar-refractivity contribution is 0.180. The SMILES string of the molecule is CC(C)CN1CCC(NC(=O)Nc2ccc3c(c2)CCCO3)CC1. The number of anilines is 1. The summed E-state index contributed by atoms with van der Waals surface area (Å²) in [5, 5.41) is 6.08. The number of aryl methyl sites for hydroxylation is 1. The van der Waals surface area contributed by atoms with E-state index in [-0.39, 0.29) is 12.1 Å². The van der Waals surface area contributed by atoms with E-state index >= 15 is 0 Å². The van der Waals surface area contributed by atoms with Gasteiger partial charge in [-0.3, -0.25) is 0 Å². The summed E-state index contributed by atoms with van der Waals surface area (Å²) in [6.07, 6.45) is 4.11. The highest BCUT2D eigenvalue weighted by Crippen LogP contribution is 2.27. The molecule has 2 aliphatic rings. The van der Waals surface area contributed by atoms with Crippen molar-refractivity contribution in [2.75, 3.05) is 31.6 Å². The second kappa shape index (κ2) is 7.88. The van der Waals surface area contributed by atoms with E-state index < -0.39 is 0 Å². The van der Waals surface area contributed by atoms with Crippen LogP contribution in [0, 0.1) is 5.92 Å². The lowest BCUT2D eigenvalue weighted by atomic mass is 10.0. The first-order valence-corrected chi connectivity index (χ1v) is 9.16. The third-order valence-electron chi connectivity index (χ3n) is 4.71. The van der Waals surface area contributed by atoms with Crippen molar-refractivity contribution < 1.29 is 9.53 Å². The number of likely N-dealkylation sites (tertiary alicyclic amines) is 1. The van der Waals surface area contributed by atoms with Gasteiger partial charge in [-0.05, 0) is 55.4 Å². The Morgan fingerprint density at radius 1 is 1.33 bits per heavy atom. The zero-order valence-electron chi connectivity index (χ0n) is 14.8. The van der Waals surface area contributed by atoms with E-state index in [1.54, 1.807) is 0 Å². The normalized spacial score (nSPS) is 18.8. The molecule has 0 saturated carbocycles. The number of hydrogen-bond donors (Lipinski definition) is 2. The molecule has 0 spiro atoms. The van der Waals surface area contributed by atoms with Crippen LogP contribution < -0.4 is 15.4 Å². The first-order valence-electron chi connectivity index (χ1n) is 9.16. The van der Waals surface area contributed by atoms with Crippen LogP contribution in [0.3, 0.4) is 0 Å². The molecule has 5 nitrogen and oxygen atoms in total. The highest BCUT2D eigenvalue weighted by molar-refractivity contribution is 5.89. The molecule has 24 heavy (non-hydrogen) atoms. The van der Waals surface area contributed by atoms with Gasteiger partial charge in [-0.2, -0.15) is 0 Å². The Bertz CT molecular complexity index is 566. The van der Waals surface area contributed by atoms with Crippen LogP contribution in [-0.4, -0.2) is 43.2 Å². The van der Waals surface area contributed by atoms with Gasteiger partial charge in [0.1, 0.15) is 5.75 Å². The quantitative estimate of drug-likeness (QED) is 0.890. The molecule has 2 aliphatic heterocycles. The minimum absolute atomic E-state index is 0.103. The second-order valence-electron chi connectivity index (χ2n) is 7.34. The summed E-state index contributed by atoms with van der Waals surface area (Å²) in [4.78, 5) is 14.7. The monoisotopic (exact) mass is 331 g/mol. The molecule has 132 valence electrons. The van der Waals surface area contributed by atoms with Crippen molar-refractivity contribution in [1.82, 2.24) is 10.2 Å². The van der Waals surface area contributed by atoms with Gasteiger partial charge in [0.25, 0.3) is 0 Å². The van der Waals surface area contributed by atoms with Gasteiger partial charge >= 0.3 is 6.03 Å². The van der Waals surface area contributed by atoms with E-state index in [9.17, 15) is 4.79 Å². The van der Waals surface area contributed by atoms with Gasteiger partial charge in [-0.1, -0.05) is 13.8 Å². The first-order chi connectivity index (χ1) is 11.6. The number of carbonyl (C=O) groups is 1. The van der Waals surface area contributed by atoms with Crippen LogP contribution in [0.5, 0.6) is 5.75 Å². The Kier molecular flexibility index (Phi) is 5.61. The van der Waals surface area contributed by atoms with Crippen molar-refractivity contribution in [2.45, 2.75) is 45.6 Å². The van der Waals surface area contributed by atoms with Crippen LogP contribution in [0.1, 0.15) is 38.7 Å². The lowest BCUT2D eigenvalue weighted by Crippen LogP contribution is -2.46. The van der Waals surface area contributed by atoms with Crippen LogP contribution in [0.2, 0.25) is 0 Å². The fraction of sp³-hybridized carbons (Fsp3) is 0.632. The predicted molar refractivity (Wildman–Crippen MR) is 96.7 cm³/mol. The second-order valence-corrected chi connectivity index (χ2v) is 7.34. The molecule has 0 radical (unpaired) electrons. The summed E-state index contributed by atoms with van der Waals surface area (Å²) in [6.45, 7) is 8.58. The Morgan fingerprint density at radius 2 is 2.12 bits per heavy atom. The summed E-state index contributed by atoms with van der Waals surface area (Å²) >= 11 is 0. The molecule has 1 aromatic rings. The van der Waals surface area contributed by atoms with Gasteiger partial charge in [-0.25, -0.2) is 4.79 Å². The maximum Gasteiger partial charge on any atom is 0.319 e. The molecule has 3 rings (SSSR count). The maximum absolute atomic E-state index is 12.2. The summed E-state index contributed by atoms with van der Waals surface area (Å²) in [6, 6.07) is 6.06. The zero-order chi connectivity index (χ0) is 16.9. The number of benzene rings is 1. The Morgan fingerprint density at radius 3 is 2.88 bits per heavy atom. The first kappa shape index (κ1) is 17.1. The zero-order valence-corrected chi connectivity index (χ0v) is 14.8. The minimum atomic E-state index is -0.103. The van der Waals surface area contributed by atoms with Crippen LogP contribution in [0.25, 0.3) is 0 Å². The van der Waals surface area contributed by atoms with E-state index in [0.717, 1.165) is 63.4 Å². The standard InChI is InChI=1S/C19H29N3O2/c1-14(2)13-22-9-7-16(8-10-22)20-19(23)21-17-5-6-18-15(12-17)4-3-11-24-18/h5-6,12,14,16H,3-4,7-11,13H2,1-2H3,(H2,20,21,23). The lowest BCUT2D eigenvalue weighted by Gasteiger charge is -2.33. The molecule has 0 aromatic heterocycles. The van der Waals surface area contributed by atoms with Gasteiger partial charge in [0.15, 0.2) is 0 Å². The maximum atomic E-state index is 12.2. The molecule has 2 N–H and O–H groups in total. The summed E-state index contributed by atoms with van der Waals surface area (Å²) < 4.78 is 5.61. The number of urea groups is 1. The number of amides is 2. The Hall–Kier alpha value is -1.75. The van der Waals surface area contributed by atoms with Crippen molar-refractivity contribution in [3.05, 3.63) is 23.8 Å². The number of rotatable bonds is 4. The van der Waals surface area contributed by atoms with Crippen LogP contribution in [-0.2, 0) is 6.42 Å². The summed E-state index contributed by atoms with van der Waals surface area (Å²) in [5.74, 6) is 1.65. The fourth-order valence-electron chi connectivity index (χ4n) is 3.57. The highest BCUT2D eigenvalue weighted by Gasteiger charge is 2.21. The minimum Gasteiger partial charge on any atom is -0.493 e. The molecule has 1 saturated heterocycles. The molecule has 2 heterocycles. The number of carbonyl (C=O) groups excluding carboxylic acids is 1. The fourth-order valence-corrected chi connectivity index (χ4v) is 3.57. The van der Waals surface area contributed by atoms with E-state index in [4.69, 9.17) is 4.74 Å².